The van der Waals surface area contributed by atoms with Gasteiger partial charge in [-0.1, -0.05) is 67.3 Å². The Hall–Kier alpha value is 0.440. The minimum atomic E-state index is 0.868. The van der Waals surface area contributed by atoms with Gasteiger partial charge >= 0.3 is 0 Å². The molecule has 0 aromatic rings. The highest BCUT2D eigenvalue weighted by Crippen LogP contribution is 2.10. The number of hydrogen-bond acceptors (Lipinski definition) is 1. The van der Waals surface area contributed by atoms with Gasteiger partial charge in [-0.15, -0.1) is 0 Å². The molecule has 0 aliphatic rings. The van der Waals surface area contributed by atoms with Crippen LogP contribution in [0.2, 0.25) is 0 Å². The average molecular weight is 264 g/mol. The zero-order valence-electron chi connectivity index (χ0n) is 9.44. The fraction of sp³-hybridized carbons (Fsp3) is 1.00. The molecule has 0 saturated heterocycles. The molecule has 0 saturated carbocycles. The van der Waals surface area contributed by atoms with Crippen LogP contribution >= 0.6 is 15.9 Å². The molecular weight excluding hydrogens is 238 g/mol. The van der Waals surface area contributed by atoms with E-state index >= 15 is 0 Å². The SMILES string of the molecule is NCCCCCCCCCCCCBr. The van der Waals surface area contributed by atoms with E-state index in [0.717, 1.165) is 6.54 Å². The zero-order chi connectivity index (χ0) is 10.5. The molecule has 0 atom stereocenters. The van der Waals surface area contributed by atoms with Gasteiger partial charge in [-0.25, -0.2) is 0 Å². The first kappa shape index (κ1) is 14.4. The van der Waals surface area contributed by atoms with Gasteiger partial charge in [-0.2, -0.15) is 0 Å². The highest BCUT2D eigenvalue weighted by atomic mass is 79.9. The summed E-state index contributed by atoms with van der Waals surface area (Å²) in [6.45, 7) is 0.868. The number of nitrogens with two attached hydrogens (primary N) is 1. The predicted octanol–water partition coefficient (Wildman–Crippen LogP) is 4.24. The Bertz CT molecular complexity index is 84.3. The number of halogens is 1. The molecule has 1 nitrogen and oxygen atoms in total. The maximum Gasteiger partial charge on any atom is 0.00313 e. The second-order valence-corrected chi connectivity index (χ2v) is 4.81. The lowest BCUT2D eigenvalue weighted by Crippen LogP contribution is -1.97. The molecule has 0 aliphatic heterocycles. The molecule has 0 radical (unpaired) electrons. The van der Waals surface area contributed by atoms with Crippen LogP contribution in [0.3, 0.4) is 0 Å². The van der Waals surface area contributed by atoms with Crippen molar-refractivity contribution < 1.29 is 0 Å². The fourth-order valence-corrected chi connectivity index (χ4v) is 2.05. The molecule has 0 unspecified atom stereocenters. The van der Waals surface area contributed by atoms with Crippen LogP contribution in [-0.4, -0.2) is 11.9 Å². The molecular formula is C12H26BrN. The van der Waals surface area contributed by atoms with E-state index in [0.29, 0.717) is 0 Å². The number of unbranched alkanes of at least 4 members (excludes halogenated alkanes) is 9. The number of rotatable bonds is 11. The van der Waals surface area contributed by atoms with E-state index in [1.807, 2.05) is 0 Å². The van der Waals surface area contributed by atoms with Crippen molar-refractivity contribution in [2.75, 3.05) is 11.9 Å². The van der Waals surface area contributed by atoms with Crippen LogP contribution in [0.15, 0.2) is 0 Å². The van der Waals surface area contributed by atoms with Crippen LogP contribution in [0, 0.1) is 0 Å². The quantitative estimate of drug-likeness (QED) is 0.438. The molecule has 0 heterocycles. The molecule has 2 N–H and O–H groups in total. The van der Waals surface area contributed by atoms with E-state index in [2.05, 4.69) is 15.9 Å². The summed E-state index contributed by atoms with van der Waals surface area (Å²) in [5.74, 6) is 0. The van der Waals surface area contributed by atoms with Crippen molar-refractivity contribution in [2.24, 2.45) is 5.73 Å². The first-order chi connectivity index (χ1) is 6.91. The van der Waals surface area contributed by atoms with Crippen LogP contribution < -0.4 is 5.73 Å². The molecule has 0 aromatic carbocycles. The molecule has 0 rings (SSSR count). The Morgan fingerprint density at radius 2 is 0.929 bits per heavy atom. The lowest BCUT2D eigenvalue weighted by molar-refractivity contribution is 0.559. The van der Waals surface area contributed by atoms with Crippen molar-refractivity contribution in [3.05, 3.63) is 0 Å². The Kier molecular flexibility index (Phi) is 13.9. The third-order valence-electron chi connectivity index (χ3n) is 2.59. The molecule has 14 heavy (non-hydrogen) atoms. The maximum atomic E-state index is 5.43. The van der Waals surface area contributed by atoms with Crippen molar-refractivity contribution in [2.45, 2.75) is 64.2 Å². The monoisotopic (exact) mass is 263 g/mol. The molecule has 0 spiro atoms. The largest absolute Gasteiger partial charge is 0.330 e. The summed E-state index contributed by atoms with van der Waals surface area (Å²) in [5, 5.41) is 1.17. The first-order valence-corrected chi connectivity index (χ1v) is 7.30. The van der Waals surface area contributed by atoms with E-state index in [1.165, 1.54) is 69.5 Å². The van der Waals surface area contributed by atoms with Crippen LogP contribution in [-0.2, 0) is 0 Å². The van der Waals surface area contributed by atoms with E-state index in [1.54, 1.807) is 0 Å². The minimum absolute atomic E-state index is 0.868. The van der Waals surface area contributed by atoms with Gasteiger partial charge in [-0.05, 0) is 19.4 Å². The van der Waals surface area contributed by atoms with Crippen LogP contribution in [0.5, 0.6) is 0 Å². The average Bonchev–Trinajstić information content (AvgIpc) is 2.21. The van der Waals surface area contributed by atoms with Crippen molar-refractivity contribution in [3.8, 4) is 0 Å². The van der Waals surface area contributed by atoms with Gasteiger partial charge in [0.1, 0.15) is 0 Å². The van der Waals surface area contributed by atoms with Gasteiger partial charge < -0.3 is 5.73 Å². The highest BCUT2D eigenvalue weighted by Gasteiger charge is 1.91. The standard InChI is InChI=1S/C12H26BrN/c13-11-9-7-5-3-1-2-4-6-8-10-12-14/h1-12,14H2. The smallest absolute Gasteiger partial charge is 0.00313 e. The summed E-state index contributed by atoms with van der Waals surface area (Å²) < 4.78 is 0. The normalized spacial score (nSPS) is 10.7. The molecule has 0 bridgehead atoms. The number of hydrogen-bond donors (Lipinski definition) is 1. The lowest BCUT2D eigenvalue weighted by Gasteiger charge is -2.01. The van der Waals surface area contributed by atoms with Crippen molar-refractivity contribution in [1.82, 2.24) is 0 Å². The van der Waals surface area contributed by atoms with Crippen LogP contribution in [0.25, 0.3) is 0 Å². The van der Waals surface area contributed by atoms with Gasteiger partial charge in [0.05, 0.1) is 0 Å². The van der Waals surface area contributed by atoms with E-state index < -0.39 is 0 Å². The molecule has 2 heteroatoms. The molecule has 86 valence electrons. The number of alkyl halides is 1. The van der Waals surface area contributed by atoms with Gasteiger partial charge in [0, 0.05) is 5.33 Å². The first-order valence-electron chi connectivity index (χ1n) is 6.18. The van der Waals surface area contributed by atoms with Gasteiger partial charge in [0.25, 0.3) is 0 Å². The van der Waals surface area contributed by atoms with Crippen LogP contribution in [0.1, 0.15) is 64.2 Å². The second kappa shape index (κ2) is 13.4. The summed E-state index contributed by atoms with van der Waals surface area (Å²) in [6, 6.07) is 0. The Balaban J connectivity index is 2.78. The summed E-state index contributed by atoms with van der Waals surface area (Å²) in [6.07, 6.45) is 13.8. The van der Waals surface area contributed by atoms with Gasteiger partial charge in [0.15, 0.2) is 0 Å². The summed E-state index contributed by atoms with van der Waals surface area (Å²) in [4.78, 5) is 0. The Labute approximate surface area is 98.0 Å². The molecule has 0 fully saturated rings. The molecule has 0 aromatic heterocycles. The Morgan fingerprint density at radius 3 is 1.29 bits per heavy atom. The van der Waals surface area contributed by atoms with E-state index in [9.17, 15) is 0 Å². The minimum Gasteiger partial charge on any atom is -0.330 e. The maximum absolute atomic E-state index is 5.43. The zero-order valence-corrected chi connectivity index (χ0v) is 11.0. The fourth-order valence-electron chi connectivity index (χ4n) is 1.65. The van der Waals surface area contributed by atoms with E-state index in [4.69, 9.17) is 5.73 Å². The molecule has 0 amide bonds. The third kappa shape index (κ3) is 12.4. The van der Waals surface area contributed by atoms with Crippen molar-refractivity contribution >= 4 is 15.9 Å². The highest BCUT2D eigenvalue weighted by molar-refractivity contribution is 9.09. The topological polar surface area (TPSA) is 26.0 Å². The van der Waals surface area contributed by atoms with E-state index in [-0.39, 0.29) is 0 Å². The lowest BCUT2D eigenvalue weighted by atomic mass is 10.1. The van der Waals surface area contributed by atoms with Gasteiger partial charge in [0.2, 0.25) is 0 Å². The van der Waals surface area contributed by atoms with Gasteiger partial charge in [-0.3, -0.25) is 0 Å². The summed E-state index contributed by atoms with van der Waals surface area (Å²) >= 11 is 3.46. The van der Waals surface area contributed by atoms with Crippen molar-refractivity contribution in [1.29, 1.82) is 0 Å². The Morgan fingerprint density at radius 1 is 0.571 bits per heavy atom. The third-order valence-corrected chi connectivity index (χ3v) is 3.15. The van der Waals surface area contributed by atoms with Crippen LogP contribution in [0.4, 0.5) is 0 Å². The molecule has 0 aliphatic carbocycles. The summed E-state index contributed by atoms with van der Waals surface area (Å²) in [7, 11) is 0. The second-order valence-electron chi connectivity index (χ2n) is 4.01. The van der Waals surface area contributed by atoms with Crippen molar-refractivity contribution in [3.63, 3.8) is 0 Å². The summed E-state index contributed by atoms with van der Waals surface area (Å²) in [5.41, 5.74) is 5.43. The predicted molar refractivity (Wildman–Crippen MR) is 69.0 cm³/mol.